The van der Waals surface area contributed by atoms with Crippen LogP contribution < -0.4 is 5.32 Å². The topological polar surface area (TPSA) is 38.1 Å². The van der Waals surface area contributed by atoms with Crippen LogP contribution in [-0.2, 0) is 6.54 Å². The van der Waals surface area contributed by atoms with E-state index in [0.717, 1.165) is 27.9 Å². The van der Waals surface area contributed by atoms with Crippen LogP contribution in [0.4, 0.5) is 0 Å². The third-order valence-corrected chi connectivity index (χ3v) is 2.68. The van der Waals surface area contributed by atoms with Gasteiger partial charge in [0, 0.05) is 24.5 Å². The minimum absolute atomic E-state index is 0.805. The number of furan rings is 1. The Kier molecular flexibility index (Phi) is 3.18. The van der Waals surface area contributed by atoms with Crippen molar-refractivity contribution in [2.24, 2.45) is 0 Å². The van der Waals surface area contributed by atoms with Gasteiger partial charge < -0.3 is 9.73 Å². The summed E-state index contributed by atoms with van der Waals surface area (Å²) in [5.74, 6) is 0.820. The largest absolute Gasteiger partial charge is 0.463 e. The minimum Gasteiger partial charge on any atom is -0.463 e. The number of pyridine rings is 1. The Morgan fingerprint density at radius 2 is 2.33 bits per heavy atom. The summed E-state index contributed by atoms with van der Waals surface area (Å²) in [6.07, 6.45) is 5.30. The molecule has 78 valence electrons. The van der Waals surface area contributed by atoms with Gasteiger partial charge in [-0.25, -0.2) is 0 Å². The average Bonchev–Trinajstić information content (AvgIpc) is 2.65. The number of hydrogen-bond acceptors (Lipinski definition) is 3. The van der Waals surface area contributed by atoms with Crippen LogP contribution in [0.1, 0.15) is 5.56 Å². The first-order valence-electron chi connectivity index (χ1n) is 4.63. The fourth-order valence-electron chi connectivity index (χ4n) is 1.41. The van der Waals surface area contributed by atoms with Crippen LogP contribution in [0.3, 0.4) is 0 Å². The Morgan fingerprint density at radius 1 is 1.47 bits per heavy atom. The zero-order valence-corrected chi connectivity index (χ0v) is 9.91. The van der Waals surface area contributed by atoms with Gasteiger partial charge in [0.05, 0.1) is 10.7 Å². The SMILES string of the molecule is CNCc1cncc(-c2occc2Br)c1. The van der Waals surface area contributed by atoms with Crippen molar-refractivity contribution in [3.05, 3.63) is 40.8 Å². The Balaban J connectivity index is 2.37. The number of rotatable bonds is 3. The number of aromatic nitrogens is 1. The molecule has 0 spiro atoms. The molecule has 0 aliphatic rings. The fraction of sp³-hybridized carbons (Fsp3) is 0.182. The maximum Gasteiger partial charge on any atom is 0.149 e. The molecule has 4 heteroatoms. The molecule has 2 aromatic heterocycles. The number of halogens is 1. The van der Waals surface area contributed by atoms with Crippen molar-refractivity contribution in [2.45, 2.75) is 6.54 Å². The molecule has 0 bridgehead atoms. The van der Waals surface area contributed by atoms with E-state index in [4.69, 9.17) is 4.42 Å². The quantitative estimate of drug-likeness (QED) is 0.929. The number of hydrogen-bond donors (Lipinski definition) is 1. The lowest BCUT2D eigenvalue weighted by Gasteiger charge is -2.02. The average molecular weight is 267 g/mol. The molecule has 0 amide bonds. The standard InChI is InChI=1S/C11H11BrN2O/c1-13-5-8-4-9(7-14-6-8)11-10(12)2-3-15-11/h2-4,6-7,13H,5H2,1H3. The van der Waals surface area contributed by atoms with Gasteiger partial charge in [0.25, 0.3) is 0 Å². The van der Waals surface area contributed by atoms with Crippen LogP contribution in [0.15, 0.2) is 39.7 Å². The highest BCUT2D eigenvalue weighted by molar-refractivity contribution is 9.10. The van der Waals surface area contributed by atoms with E-state index in [1.165, 1.54) is 0 Å². The predicted molar refractivity (Wildman–Crippen MR) is 62.4 cm³/mol. The van der Waals surface area contributed by atoms with Gasteiger partial charge in [-0.3, -0.25) is 4.98 Å². The molecular weight excluding hydrogens is 256 g/mol. The first kappa shape index (κ1) is 10.4. The molecule has 0 fully saturated rings. The Morgan fingerprint density at radius 3 is 3.00 bits per heavy atom. The normalized spacial score (nSPS) is 10.5. The van der Waals surface area contributed by atoms with Crippen molar-refractivity contribution in [2.75, 3.05) is 7.05 Å². The second-order valence-electron chi connectivity index (χ2n) is 3.21. The molecule has 2 rings (SSSR count). The van der Waals surface area contributed by atoms with E-state index in [9.17, 15) is 0 Å². The number of nitrogens with zero attached hydrogens (tertiary/aromatic N) is 1. The molecule has 0 saturated heterocycles. The van der Waals surface area contributed by atoms with Crippen LogP contribution in [0.2, 0.25) is 0 Å². The molecule has 15 heavy (non-hydrogen) atoms. The second kappa shape index (κ2) is 4.59. The molecule has 0 aromatic carbocycles. The zero-order chi connectivity index (χ0) is 10.7. The third kappa shape index (κ3) is 2.27. The smallest absolute Gasteiger partial charge is 0.149 e. The molecule has 3 nitrogen and oxygen atoms in total. The second-order valence-corrected chi connectivity index (χ2v) is 4.06. The van der Waals surface area contributed by atoms with Crippen molar-refractivity contribution in [1.82, 2.24) is 10.3 Å². The van der Waals surface area contributed by atoms with Crippen molar-refractivity contribution in [1.29, 1.82) is 0 Å². The molecule has 0 aliphatic carbocycles. The van der Waals surface area contributed by atoms with Crippen molar-refractivity contribution >= 4 is 15.9 Å². The van der Waals surface area contributed by atoms with Gasteiger partial charge in [-0.1, -0.05) is 0 Å². The molecule has 0 aliphatic heterocycles. The maximum atomic E-state index is 5.38. The van der Waals surface area contributed by atoms with Crippen LogP contribution >= 0.6 is 15.9 Å². The molecule has 2 aromatic rings. The van der Waals surface area contributed by atoms with E-state index < -0.39 is 0 Å². The van der Waals surface area contributed by atoms with Gasteiger partial charge in [0.15, 0.2) is 0 Å². The van der Waals surface area contributed by atoms with Crippen LogP contribution in [0.25, 0.3) is 11.3 Å². The molecule has 1 N–H and O–H groups in total. The summed E-state index contributed by atoms with van der Waals surface area (Å²) in [6.45, 7) is 0.805. The molecular formula is C11H11BrN2O. The van der Waals surface area contributed by atoms with E-state index in [-0.39, 0.29) is 0 Å². The first-order chi connectivity index (χ1) is 7.31. The summed E-state index contributed by atoms with van der Waals surface area (Å²) in [7, 11) is 1.91. The summed E-state index contributed by atoms with van der Waals surface area (Å²) < 4.78 is 6.33. The molecule has 0 atom stereocenters. The molecule has 0 radical (unpaired) electrons. The Hall–Kier alpha value is -1.13. The minimum atomic E-state index is 0.805. The molecule has 0 saturated carbocycles. The highest BCUT2D eigenvalue weighted by Gasteiger charge is 2.07. The summed E-state index contributed by atoms with van der Waals surface area (Å²) in [6, 6.07) is 3.94. The Bertz CT molecular complexity index is 453. The van der Waals surface area contributed by atoms with Crippen molar-refractivity contribution in [3.8, 4) is 11.3 Å². The van der Waals surface area contributed by atoms with E-state index in [1.54, 1.807) is 12.5 Å². The summed E-state index contributed by atoms with van der Waals surface area (Å²) in [4.78, 5) is 4.18. The number of nitrogens with one attached hydrogen (secondary N) is 1. The molecule has 2 heterocycles. The highest BCUT2D eigenvalue weighted by Crippen LogP contribution is 2.28. The van der Waals surface area contributed by atoms with Gasteiger partial charge in [-0.15, -0.1) is 0 Å². The van der Waals surface area contributed by atoms with E-state index >= 15 is 0 Å². The maximum absolute atomic E-state index is 5.38. The lowest BCUT2D eigenvalue weighted by Crippen LogP contribution is -2.05. The van der Waals surface area contributed by atoms with Gasteiger partial charge in [-0.2, -0.15) is 0 Å². The predicted octanol–water partition coefficient (Wildman–Crippen LogP) is 2.82. The van der Waals surface area contributed by atoms with Gasteiger partial charge in [-0.05, 0) is 40.7 Å². The highest BCUT2D eigenvalue weighted by atomic mass is 79.9. The van der Waals surface area contributed by atoms with E-state index in [0.29, 0.717) is 0 Å². The fourth-order valence-corrected chi connectivity index (χ4v) is 1.84. The van der Waals surface area contributed by atoms with E-state index in [2.05, 4.69) is 32.3 Å². The van der Waals surface area contributed by atoms with Crippen molar-refractivity contribution in [3.63, 3.8) is 0 Å². The first-order valence-corrected chi connectivity index (χ1v) is 5.42. The summed E-state index contributed by atoms with van der Waals surface area (Å²) in [5, 5.41) is 3.09. The Labute approximate surface area is 96.6 Å². The third-order valence-electron chi connectivity index (χ3n) is 2.06. The van der Waals surface area contributed by atoms with Gasteiger partial charge in [0.2, 0.25) is 0 Å². The van der Waals surface area contributed by atoms with Crippen LogP contribution in [0, 0.1) is 0 Å². The monoisotopic (exact) mass is 266 g/mol. The lowest BCUT2D eigenvalue weighted by molar-refractivity contribution is 0.580. The zero-order valence-electron chi connectivity index (χ0n) is 8.33. The van der Waals surface area contributed by atoms with Gasteiger partial charge in [0.1, 0.15) is 5.76 Å². The van der Waals surface area contributed by atoms with Crippen LogP contribution in [-0.4, -0.2) is 12.0 Å². The van der Waals surface area contributed by atoms with E-state index in [1.807, 2.05) is 19.3 Å². The van der Waals surface area contributed by atoms with Gasteiger partial charge >= 0.3 is 0 Å². The summed E-state index contributed by atoms with van der Waals surface area (Å²) in [5.41, 5.74) is 2.12. The summed E-state index contributed by atoms with van der Waals surface area (Å²) >= 11 is 3.43. The van der Waals surface area contributed by atoms with Crippen molar-refractivity contribution < 1.29 is 4.42 Å². The lowest BCUT2D eigenvalue weighted by atomic mass is 10.1. The van der Waals surface area contributed by atoms with Crippen LogP contribution in [0.5, 0.6) is 0 Å². The molecule has 0 unspecified atom stereocenters.